The molecule has 1 fully saturated rings. The highest BCUT2D eigenvalue weighted by Gasteiger charge is 2.18. The van der Waals surface area contributed by atoms with Crippen LogP contribution in [0.5, 0.6) is 0 Å². The topological polar surface area (TPSA) is 12.0 Å². The number of alkyl halides is 1. The van der Waals surface area contributed by atoms with Crippen LogP contribution in [0.4, 0.5) is 0 Å². The minimum absolute atomic E-state index is 0.715. The van der Waals surface area contributed by atoms with Gasteiger partial charge in [-0.2, -0.15) is 0 Å². The molecule has 1 rings (SSSR count). The smallest absolute Gasteiger partial charge is 0.0308 e. The van der Waals surface area contributed by atoms with Gasteiger partial charge >= 0.3 is 0 Å². The quantitative estimate of drug-likeness (QED) is 0.526. The van der Waals surface area contributed by atoms with E-state index in [0.29, 0.717) is 4.83 Å². The molecule has 2 unspecified atom stereocenters. The first kappa shape index (κ1) is 5.57. The van der Waals surface area contributed by atoms with Crippen molar-refractivity contribution >= 4 is 15.9 Å². The lowest BCUT2D eigenvalue weighted by Crippen LogP contribution is -2.07. The van der Waals surface area contributed by atoms with E-state index in [9.17, 15) is 0 Å². The van der Waals surface area contributed by atoms with Gasteiger partial charge in [0.1, 0.15) is 0 Å². The van der Waals surface area contributed by atoms with Crippen LogP contribution in [0.25, 0.3) is 0 Å². The summed E-state index contributed by atoms with van der Waals surface area (Å²) < 4.78 is 0. The Labute approximate surface area is 52.6 Å². The molecule has 0 spiro atoms. The lowest BCUT2D eigenvalue weighted by Gasteiger charge is -2.01. The fourth-order valence-corrected chi connectivity index (χ4v) is 1.19. The van der Waals surface area contributed by atoms with Crippen LogP contribution in [-0.2, 0) is 0 Å². The summed E-state index contributed by atoms with van der Waals surface area (Å²) in [5, 5.41) is 3.27. The summed E-state index contributed by atoms with van der Waals surface area (Å²) in [6.45, 7) is 4.57. The Bertz CT molecular complexity index is 57.1. The van der Waals surface area contributed by atoms with Crippen LogP contribution in [0, 0.1) is 5.92 Å². The summed E-state index contributed by atoms with van der Waals surface area (Å²) >= 11 is 3.54. The Morgan fingerprint density at radius 1 is 1.57 bits per heavy atom. The Kier molecular flexibility index (Phi) is 1.70. The molecule has 0 aromatic rings. The van der Waals surface area contributed by atoms with Crippen molar-refractivity contribution in [3.8, 4) is 0 Å². The van der Waals surface area contributed by atoms with Crippen LogP contribution in [0.2, 0.25) is 0 Å². The van der Waals surface area contributed by atoms with Crippen molar-refractivity contribution in [3.05, 3.63) is 0 Å². The molecule has 1 saturated heterocycles. The first-order valence-corrected chi connectivity index (χ1v) is 3.57. The third-order valence-electron chi connectivity index (χ3n) is 1.42. The highest BCUT2D eigenvalue weighted by molar-refractivity contribution is 9.09. The van der Waals surface area contributed by atoms with Crippen LogP contribution >= 0.6 is 15.9 Å². The number of halogens is 1. The summed E-state index contributed by atoms with van der Waals surface area (Å²) in [7, 11) is 0. The van der Waals surface area contributed by atoms with Crippen molar-refractivity contribution in [3.63, 3.8) is 0 Å². The SMILES string of the molecule is CC1CNCC1Br. The zero-order valence-electron chi connectivity index (χ0n) is 4.45. The fraction of sp³-hybridized carbons (Fsp3) is 1.00. The molecular formula is C5H10BrN. The zero-order chi connectivity index (χ0) is 5.28. The van der Waals surface area contributed by atoms with Gasteiger partial charge in [-0.05, 0) is 12.5 Å². The van der Waals surface area contributed by atoms with Crippen LogP contribution in [-0.4, -0.2) is 17.9 Å². The van der Waals surface area contributed by atoms with Crippen molar-refractivity contribution < 1.29 is 0 Å². The number of rotatable bonds is 0. The third-order valence-corrected chi connectivity index (χ3v) is 2.65. The highest BCUT2D eigenvalue weighted by atomic mass is 79.9. The molecule has 7 heavy (non-hydrogen) atoms. The van der Waals surface area contributed by atoms with E-state index in [0.717, 1.165) is 12.5 Å². The van der Waals surface area contributed by atoms with Crippen molar-refractivity contribution in [1.29, 1.82) is 0 Å². The van der Waals surface area contributed by atoms with Crippen LogP contribution in [0.1, 0.15) is 6.92 Å². The van der Waals surface area contributed by atoms with Gasteiger partial charge in [0.05, 0.1) is 0 Å². The summed E-state index contributed by atoms with van der Waals surface area (Å²) in [4.78, 5) is 0.715. The molecule has 0 radical (unpaired) electrons. The predicted octanol–water partition coefficient (Wildman–Crippen LogP) is 0.989. The molecule has 42 valence electrons. The standard InChI is InChI=1S/C5H10BrN/c1-4-2-7-3-5(4)6/h4-5,7H,2-3H2,1H3. The van der Waals surface area contributed by atoms with E-state index in [-0.39, 0.29) is 0 Å². The second-order valence-electron chi connectivity index (χ2n) is 2.15. The monoisotopic (exact) mass is 163 g/mol. The summed E-state index contributed by atoms with van der Waals surface area (Å²) in [5.74, 6) is 0.819. The molecule has 1 nitrogen and oxygen atoms in total. The van der Waals surface area contributed by atoms with E-state index in [1.54, 1.807) is 0 Å². The summed E-state index contributed by atoms with van der Waals surface area (Å²) in [6.07, 6.45) is 0. The minimum Gasteiger partial charge on any atom is -0.315 e. The fourth-order valence-electron chi connectivity index (χ4n) is 0.778. The Morgan fingerprint density at radius 2 is 2.29 bits per heavy atom. The maximum atomic E-state index is 3.54. The van der Waals surface area contributed by atoms with Crippen LogP contribution < -0.4 is 5.32 Å². The molecule has 0 aliphatic carbocycles. The number of nitrogens with one attached hydrogen (secondary N) is 1. The van der Waals surface area contributed by atoms with Crippen LogP contribution in [0.3, 0.4) is 0 Å². The van der Waals surface area contributed by atoms with Gasteiger partial charge in [-0.1, -0.05) is 22.9 Å². The van der Waals surface area contributed by atoms with E-state index in [1.807, 2.05) is 0 Å². The van der Waals surface area contributed by atoms with Gasteiger partial charge in [0.15, 0.2) is 0 Å². The molecule has 2 heteroatoms. The predicted molar refractivity (Wildman–Crippen MR) is 34.7 cm³/mol. The molecule has 1 aliphatic rings. The second kappa shape index (κ2) is 2.14. The van der Waals surface area contributed by atoms with Gasteiger partial charge in [-0.15, -0.1) is 0 Å². The Balaban J connectivity index is 2.33. The maximum absolute atomic E-state index is 3.54. The van der Waals surface area contributed by atoms with Gasteiger partial charge in [0.25, 0.3) is 0 Å². The molecule has 1 heterocycles. The number of hydrogen-bond donors (Lipinski definition) is 1. The van der Waals surface area contributed by atoms with Gasteiger partial charge in [-0.3, -0.25) is 0 Å². The molecule has 0 aromatic heterocycles. The average Bonchev–Trinajstić information content (AvgIpc) is 1.91. The molecule has 0 amide bonds. The average molecular weight is 164 g/mol. The minimum atomic E-state index is 0.715. The molecule has 1 N–H and O–H groups in total. The van der Waals surface area contributed by atoms with Crippen molar-refractivity contribution in [2.45, 2.75) is 11.8 Å². The van der Waals surface area contributed by atoms with Gasteiger partial charge < -0.3 is 5.32 Å². The van der Waals surface area contributed by atoms with Gasteiger partial charge in [0.2, 0.25) is 0 Å². The van der Waals surface area contributed by atoms with Crippen LogP contribution in [0.15, 0.2) is 0 Å². The molecule has 0 aromatic carbocycles. The zero-order valence-corrected chi connectivity index (χ0v) is 6.03. The molecule has 1 aliphatic heterocycles. The highest BCUT2D eigenvalue weighted by Crippen LogP contribution is 2.15. The largest absolute Gasteiger partial charge is 0.315 e. The van der Waals surface area contributed by atoms with E-state index < -0.39 is 0 Å². The Morgan fingerprint density at radius 3 is 2.43 bits per heavy atom. The lowest BCUT2D eigenvalue weighted by atomic mass is 10.2. The van der Waals surface area contributed by atoms with Crippen molar-refractivity contribution in [2.75, 3.05) is 13.1 Å². The van der Waals surface area contributed by atoms with E-state index >= 15 is 0 Å². The molecule has 0 saturated carbocycles. The van der Waals surface area contributed by atoms with E-state index in [1.165, 1.54) is 6.54 Å². The second-order valence-corrected chi connectivity index (χ2v) is 3.33. The van der Waals surface area contributed by atoms with E-state index in [2.05, 4.69) is 28.2 Å². The normalized spacial score (nSPS) is 42.0. The maximum Gasteiger partial charge on any atom is 0.0308 e. The van der Waals surface area contributed by atoms with Crippen molar-refractivity contribution in [1.82, 2.24) is 5.32 Å². The Hall–Kier alpha value is 0.440. The summed E-state index contributed by atoms with van der Waals surface area (Å²) in [5.41, 5.74) is 0. The van der Waals surface area contributed by atoms with Gasteiger partial charge in [0, 0.05) is 11.4 Å². The molecule has 2 atom stereocenters. The molecule has 0 bridgehead atoms. The number of hydrogen-bond acceptors (Lipinski definition) is 1. The lowest BCUT2D eigenvalue weighted by molar-refractivity contribution is 0.668. The molecular weight excluding hydrogens is 154 g/mol. The first-order valence-electron chi connectivity index (χ1n) is 2.65. The summed E-state index contributed by atoms with van der Waals surface area (Å²) in [6, 6.07) is 0. The third kappa shape index (κ3) is 1.16. The van der Waals surface area contributed by atoms with Gasteiger partial charge in [-0.25, -0.2) is 0 Å². The van der Waals surface area contributed by atoms with Crippen molar-refractivity contribution in [2.24, 2.45) is 5.92 Å². The van der Waals surface area contributed by atoms with E-state index in [4.69, 9.17) is 0 Å². The first-order chi connectivity index (χ1) is 3.30.